The fourth-order valence-corrected chi connectivity index (χ4v) is 2.07. The highest BCUT2D eigenvalue weighted by molar-refractivity contribution is 6.06. The van der Waals surface area contributed by atoms with Crippen LogP contribution in [-0.2, 0) is 0 Å². The number of benzene rings is 2. The molecule has 0 aliphatic carbocycles. The molecule has 0 saturated heterocycles. The molecule has 0 spiro atoms. The summed E-state index contributed by atoms with van der Waals surface area (Å²) in [4.78, 5) is 26.3. The first kappa shape index (κ1) is 17.6. The molecule has 0 saturated carbocycles. The molecule has 6 heteroatoms. The predicted octanol–water partition coefficient (Wildman–Crippen LogP) is 2.37. The summed E-state index contributed by atoms with van der Waals surface area (Å²) >= 11 is 0. The SMILES string of the molecule is CN(C)CCNC(=O)c1cccc(C(=O)Nc2cccc(F)c2)c1. The van der Waals surface area contributed by atoms with Crippen molar-refractivity contribution in [3.63, 3.8) is 0 Å². The summed E-state index contributed by atoms with van der Waals surface area (Å²) in [6.07, 6.45) is 0. The molecule has 2 N–H and O–H groups in total. The Morgan fingerprint density at radius 3 is 2.33 bits per heavy atom. The van der Waals surface area contributed by atoms with Crippen LogP contribution in [0.1, 0.15) is 20.7 Å². The molecule has 126 valence electrons. The van der Waals surface area contributed by atoms with Crippen LogP contribution < -0.4 is 10.6 Å². The van der Waals surface area contributed by atoms with Gasteiger partial charge >= 0.3 is 0 Å². The van der Waals surface area contributed by atoms with Crippen molar-refractivity contribution in [2.45, 2.75) is 0 Å². The molecular weight excluding hydrogens is 309 g/mol. The van der Waals surface area contributed by atoms with Crippen LogP contribution >= 0.6 is 0 Å². The Labute approximate surface area is 140 Å². The van der Waals surface area contributed by atoms with Crippen molar-refractivity contribution in [2.75, 3.05) is 32.5 Å². The lowest BCUT2D eigenvalue weighted by atomic mass is 10.1. The second-order valence-electron chi connectivity index (χ2n) is 5.60. The third-order valence-electron chi connectivity index (χ3n) is 3.31. The second kappa shape index (κ2) is 8.21. The first-order valence-electron chi connectivity index (χ1n) is 7.55. The minimum Gasteiger partial charge on any atom is -0.351 e. The Hall–Kier alpha value is -2.73. The molecule has 2 amide bonds. The number of carbonyl (C=O) groups is 2. The summed E-state index contributed by atoms with van der Waals surface area (Å²) in [6.45, 7) is 1.25. The lowest BCUT2D eigenvalue weighted by molar-refractivity contribution is 0.0951. The number of likely N-dealkylation sites (N-methyl/N-ethyl adjacent to an activating group) is 1. The molecular formula is C18H20FN3O2. The van der Waals surface area contributed by atoms with E-state index in [1.54, 1.807) is 24.3 Å². The Morgan fingerprint density at radius 1 is 1.00 bits per heavy atom. The van der Waals surface area contributed by atoms with Gasteiger partial charge in [0.05, 0.1) is 0 Å². The third kappa shape index (κ3) is 5.17. The number of carbonyl (C=O) groups excluding carboxylic acids is 2. The number of nitrogens with zero attached hydrogens (tertiary/aromatic N) is 1. The van der Waals surface area contributed by atoms with Crippen molar-refractivity contribution in [1.82, 2.24) is 10.2 Å². The van der Waals surface area contributed by atoms with Crippen molar-refractivity contribution >= 4 is 17.5 Å². The molecule has 0 radical (unpaired) electrons. The molecule has 0 heterocycles. The van der Waals surface area contributed by atoms with Crippen molar-refractivity contribution in [3.05, 3.63) is 65.5 Å². The van der Waals surface area contributed by atoms with E-state index in [1.165, 1.54) is 24.3 Å². The normalized spacial score (nSPS) is 10.5. The summed E-state index contributed by atoms with van der Waals surface area (Å²) in [6, 6.07) is 12.0. The topological polar surface area (TPSA) is 61.4 Å². The van der Waals surface area contributed by atoms with Gasteiger partial charge in [0.15, 0.2) is 0 Å². The summed E-state index contributed by atoms with van der Waals surface area (Å²) in [5, 5.41) is 5.40. The maximum absolute atomic E-state index is 13.2. The fourth-order valence-electron chi connectivity index (χ4n) is 2.07. The quantitative estimate of drug-likeness (QED) is 0.855. The molecule has 0 aliphatic rings. The smallest absolute Gasteiger partial charge is 0.255 e. The van der Waals surface area contributed by atoms with Crippen LogP contribution in [0.15, 0.2) is 48.5 Å². The van der Waals surface area contributed by atoms with Gasteiger partial charge in [-0.1, -0.05) is 12.1 Å². The summed E-state index contributed by atoms with van der Waals surface area (Å²) < 4.78 is 13.2. The van der Waals surface area contributed by atoms with Gasteiger partial charge in [-0.2, -0.15) is 0 Å². The molecule has 0 fully saturated rings. The Bertz CT molecular complexity index is 732. The van der Waals surface area contributed by atoms with Gasteiger partial charge in [-0.15, -0.1) is 0 Å². The van der Waals surface area contributed by atoms with Gasteiger partial charge in [-0.25, -0.2) is 4.39 Å². The zero-order chi connectivity index (χ0) is 17.5. The monoisotopic (exact) mass is 329 g/mol. The molecule has 2 aromatic carbocycles. The minimum absolute atomic E-state index is 0.239. The maximum atomic E-state index is 13.2. The number of halogens is 1. The molecule has 0 atom stereocenters. The number of amides is 2. The van der Waals surface area contributed by atoms with E-state index < -0.39 is 11.7 Å². The molecule has 0 unspecified atom stereocenters. The summed E-state index contributed by atoms with van der Waals surface area (Å²) in [5.41, 5.74) is 1.10. The highest BCUT2D eigenvalue weighted by Gasteiger charge is 2.11. The minimum atomic E-state index is -0.429. The van der Waals surface area contributed by atoms with Crippen LogP contribution in [0.3, 0.4) is 0 Å². The predicted molar refractivity (Wildman–Crippen MR) is 91.7 cm³/mol. The van der Waals surface area contributed by atoms with E-state index >= 15 is 0 Å². The van der Waals surface area contributed by atoms with Gasteiger partial charge in [-0.3, -0.25) is 9.59 Å². The van der Waals surface area contributed by atoms with Crippen LogP contribution in [0.5, 0.6) is 0 Å². The molecule has 5 nitrogen and oxygen atoms in total. The molecule has 0 bridgehead atoms. The molecule has 24 heavy (non-hydrogen) atoms. The van der Waals surface area contributed by atoms with Gasteiger partial charge in [0.1, 0.15) is 5.82 Å². The highest BCUT2D eigenvalue weighted by atomic mass is 19.1. The summed E-state index contributed by atoms with van der Waals surface area (Å²) in [5.74, 6) is -1.07. The van der Waals surface area contributed by atoms with Crippen LogP contribution in [0, 0.1) is 5.82 Å². The number of hydrogen-bond acceptors (Lipinski definition) is 3. The number of anilines is 1. The third-order valence-corrected chi connectivity index (χ3v) is 3.31. The van der Waals surface area contributed by atoms with E-state index in [4.69, 9.17) is 0 Å². The second-order valence-corrected chi connectivity index (χ2v) is 5.60. The zero-order valence-corrected chi connectivity index (χ0v) is 13.7. The van der Waals surface area contributed by atoms with Gasteiger partial charge in [0, 0.05) is 29.9 Å². The summed E-state index contributed by atoms with van der Waals surface area (Å²) in [7, 11) is 3.84. The average molecular weight is 329 g/mol. The largest absolute Gasteiger partial charge is 0.351 e. The van der Waals surface area contributed by atoms with Crippen molar-refractivity contribution in [1.29, 1.82) is 0 Å². The van der Waals surface area contributed by atoms with Gasteiger partial charge in [0.2, 0.25) is 0 Å². The number of nitrogens with one attached hydrogen (secondary N) is 2. The Balaban J connectivity index is 2.03. The van der Waals surface area contributed by atoms with Crippen molar-refractivity contribution in [2.24, 2.45) is 0 Å². The van der Waals surface area contributed by atoms with E-state index in [0.717, 1.165) is 6.54 Å². The van der Waals surface area contributed by atoms with Gasteiger partial charge in [0.25, 0.3) is 11.8 Å². The van der Waals surface area contributed by atoms with Gasteiger partial charge < -0.3 is 15.5 Å². The fraction of sp³-hybridized carbons (Fsp3) is 0.222. The molecule has 0 aliphatic heterocycles. The lowest BCUT2D eigenvalue weighted by Crippen LogP contribution is -2.31. The number of rotatable bonds is 6. The van der Waals surface area contributed by atoms with Crippen LogP contribution in [-0.4, -0.2) is 43.9 Å². The van der Waals surface area contributed by atoms with Gasteiger partial charge in [-0.05, 0) is 50.5 Å². The average Bonchev–Trinajstić information content (AvgIpc) is 2.54. The first-order valence-corrected chi connectivity index (χ1v) is 7.55. The highest BCUT2D eigenvalue weighted by Crippen LogP contribution is 2.12. The molecule has 0 aromatic heterocycles. The Morgan fingerprint density at radius 2 is 1.67 bits per heavy atom. The standard InChI is InChI=1S/C18H20FN3O2/c1-22(2)10-9-20-17(23)13-5-3-6-14(11-13)18(24)21-16-8-4-7-15(19)12-16/h3-8,11-12H,9-10H2,1-2H3,(H,20,23)(H,21,24). The van der Waals surface area contributed by atoms with E-state index in [-0.39, 0.29) is 5.91 Å². The van der Waals surface area contributed by atoms with Crippen LogP contribution in [0.4, 0.5) is 10.1 Å². The van der Waals surface area contributed by atoms with E-state index in [0.29, 0.717) is 23.4 Å². The maximum Gasteiger partial charge on any atom is 0.255 e. The van der Waals surface area contributed by atoms with Crippen LogP contribution in [0.2, 0.25) is 0 Å². The van der Waals surface area contributed by atoms with Crippen molar-refractivity contribution < 1.29 is 14.0 Å². The van der Waals surface area contributed by atoms with Crippen LogP contribution in [0.25, 0.3) is 0 Å². The van der Waals surface area contributed by atoms with E-state index in [9.17, 15) is 14.0 Å². The van der Waals surface area contributed by atoms with Crippen molar-refractivity contribution in [3.8, 4) is 0 Å². The molecule has 2 aromatic rings. The lowest BCUT2D eigenvalue weighted by Gasteiger charge is -2.11. The number of hydrogen-bond donors (Lipinski definition) is 2. The van der Waals surface area contributed by atoms with E-state index in [1.807, 2.05) is 19.0 Å². The zero-order valence-electron chi connectivity index (χ0n) is 13.7. The molecule has 2 rings (SSSR count). The Kier molecular flexibility index (Phi) is 6.03. The first-order chi connectivity index (χ1) is 11.5. The van der Waals surface area contributed by atoms with E-state index in [2.05, 4.69) is 10.6 Å².